The van der Waals surface area contributed by atoms with Crippen molar-refractivity contribution in [1.82, 2.24) is 0 Å². The highest BCUT2D eigenvalue weighted by Crippen LogP contribution is 2.50. The van der Waals surface area contributed by atoms with Crippen LogP contribution in [0.1, 0.15) is 20.7 Å². The number of para-hydroxylation sites is 2. The number of carbonyl (C=O) groups excluding carboxylic acids is 2. The summed E-state index contributed by atoms with van der Waals surface area (Å²) in [6, 6.07) is 33.4. The Balaban J connectivity index is 1.40. The van der Waals surface area contributed by atoms with E-state index in [1.165, 1.54) is 7.11 Å². The highest BCUT2D eigenvalue weighted by Gasteiger charge is 2.51. The number of benzene rings is 4. The zero-order chi connectivity index (χ0) is 30.1. The molecule has 222 valence electrons. The highest BCUT2D eigenvalue weighted by molar-refractivity contribution is 7.49. The molecular weight excluding hydrogens is 575 g/mol. The van der Waals surface area contributed by atoms with Gasteiger partial charge in [-0.05, 0) is 48.5 Å². The maximum atomic E-state index is 13.9. The average Bonchev–Trinajstić information content (AvgIpc) is 3.37. The molecule has 1 fully saturated rings. The number of methoxy groups -OCH3 is 1. The molecule has 0 bridgehead atoms. The van der Waals surface area contributed by atoms with Crippen LogP contribution in [0.3, 0.4) is 0 Å². The van der Waals surface area contributed by atoms with E-state index in [1.807, 2.05) is 0 Å². The monoisotopic (exact) mass is 604 g/mol. The van der Waals surface area contributed by atoms with Gasteiger partial charge >= 0.3 is 19.8 Å². The maximum absolute atomic E-state index is 13.9. The minimum absolute atomic E-state index is 0.241. The van der Waals surface area contributed by atoms with Gasteiger partial charge in [0.1, 0.15) is 17.6 Å². The van der Waals surface area contributed by atoms with E-state index in [1.54, 1.807) is 121 Å². The third-order valence-corrected chi connectivity index (χ3v) is 7.66. The summed E-state index contributed by atoms with van der Waals surface area (Å²) in [6.45, 7) is -0.442. The molecule has 0 spiro atoms. The Morgan fingerprint density at radius 3 is 1.51 bits per heavy atom. The topological polar surface area (TPSA) is 116 Å². The van der Waals surface area contributed by atoms with Crippen molar-refractivity contribution < 1.29 is 46.7 Å². The standard InChI is InChI=1S/C32H29O10P/c1-36-32-29(40-31(34)24-16-8-3-9-17-24)28(39-30(33)23-14-6-2-7-15-23)27(38-32)22-37-43(35,41-25-18-10-4-11-19-25)42-26-20-12-5-13-21-26/h2-21,27-29,32H,22H2,1H3/t27-,28-,29-,32?/m1/s1. The number of hydrogen-bond donors (Lipinski definition) is 0. The predicted molar refractivity (Wildman–Crippen MR) is 155 cm³/mol. The van der Waals surface area contributed by atoms with Crippen molar-refractivity contribution in [1.29, 1.82) is 0 Å². The van der Waals surface area contributed by atoms with Crippen molar-refractivity contribution >= 4 is 19.8 Å². The minimum Gasteiger partial charge on any atom is -0.452 e. The second kappa shape index (κ2) is 14.1. The summed E-state index contributed by atoms with van der Waals surface area (Å²) in [5, 5.41) is 0. The van der Waals surface area contributed by atoms with Gasteiger partial charge in [-0.25, -0.2) is 14.2 Å². The van der Waals surface area contributed by atoms with E-state index in [0.29, 0.717) is 0 Å². The van der Waals surface area contributed by atoms with E-state index in [-0.39, 0.29) is 22.6 Å². The smallest absolute Gasteiger partial charge is 0.452 e. The first kappa shape index (κ1) is 30.0. The van der Waals surface area contributed by atoms with Gasteiger partial charge in [-0.2, -0.15) is 0 Å². The van der Waals surface area contributed by atoms with Crippen molar-refractivity contribution in [3.8, 4) is 11.5 Å². The molecule has 4 aromatic rings. The number of rotatable bonds is 12. The summed E-state index contributed by atoms with van der Waals surface area (Å²) in [5.41, 5.74) is 0.545. The Morgan fingerprint density at radius 1 is 0.651 bits per heavy atom. The van der Waals surface area contributed by atoms with Gasteiger partial charge in [0.05, 0.1) is 17.7 Å². The van der Waals surface area contributed by atoms with E-state index in [2.05, 4.69) is 0 Å². The number of ether oxygens (including phenoxy) is 4. The zero-order valence-corrected chi connectivity index (χ0v) is 24.0. The molecule has 1 aliphatic heterocycles. The van der Waals surface area contributed by atoms with Crippen LogP contribution in [-0.4, -0.2) is 50.3 Å². The molecule has 10 nitrogen and oxygen atoms in total. The van der Waals surface area contributed by atoms with Crippen molar-refractivity contribution in [2.45, 2.75) is 24.6 Å². The molecule has 1 heterocycles. The quantitative estimate of drug-likeness (QED) is 0.139. The summed E-state index contributed by atoms with van der Waals surface area (Å²) < 4.78 is 54.0. The molecule has 0 amide bonds. The van der Waals surface area contributed by atoms with E-state index in [0.717, 1.165) is 0 Å². The van der Waals surface area contributed by atoms with E-state index < -0.39 is 51.0 Å². The molecule has 43 heavy (non-hydrogen) atoms. The van der Waals surface area contributed by atoms with Crippen LogP contribution in [-0.2, 0) is 28.0 Å². The summed E-state index contributed by atoms with van der Waals surface area (Å²) in [7, 11) is -2.97. The molecule has 1 unspecified atom stereocenters. The number of hydrogen-bond acceptors (Lipinski definition) is 10. The lowest BCUT2D eigenvalue weighted by Gasteiger charge is -2.25. The molecular formula is C32H29O10P. The molecule has 1 saturated heterocycles. The molecule has 0 aliphatic carbocycles. The fourth-order valence-corrected chi connectivity index (χ4v) is 5.50. The lowest BCUT2D eigenvalue weighted by Crippen LogP contribution is -2.42. The zero-order valence-electron chi connectivity index (χ0n) is 23.1. The second-order valence-electron chi connectivity index (χ2n) is 9.30. The van der Waals surface area contributed by atoms with Crippen molar-refractivity contribution in [3.05, 3.63) is 132 Å². The normalized spacial score (nSPS) is 19.7. The number of phosphoric acid groups is 1. The number of esters is 2. The third-order valence-electron chi connectivity index (χ3n) is 6.32. The van der Waals surface area contributed by atoms with Crippen LogP contribution in [0.15, 0.2) is 121 Å². The predicted octanol–water partition coefficient (Wildman–Crippen LogP) is 6.09. The largest absolute Gasteiger partial charge is 0.587 e. The van der Waals surface area contributed by atoms with E-state index >= 15 is 0 Å². The molecule has 0 radical (unpaired) electrons. The van der Waals surface area contributed by atoms with Gasteiger partial charge in [0.15, 0.2) is 18.5 Å². The third kappa shape index (κ3) is 7.88. The lowest BCUT2D eigenvalue weighted by molar-refractivity contribution is -0.154. The van der Waals surface area contributed by atoms with Gasteiger partial charge in [0.2, 0.25) is 0 Å². The van der Waals surface area contributed by atoms with Crippen molar-refractivity contribution in [2.75, 3.05) is 13.7 Å². The van der Waals surface area contributed by atoms with Crippen LogP contribution in [0.2, 0.25) is 0 Å². The Hall–Kier alpha value is -4.47. The Labute approximate surface area is 248 Å². The Kier molecular flexibility index (Phi) is 9.86. The first-order chi connectivity index (χ1) is 20.9. The first-order valence-corrected chi connectivity index (χ1v) is 14.8. The van der Waals surface area contributed by atoms with Gasteiger partial charge in [0.25, 0.3) is 0 Å². The Bertz CT molecular complexity index is 1470. The fraction of sp³-hybridized carbons (Fsp3) is 0.188. The second-order valence-corrected chi connectivity index (χ2v) is 10.8. The highest BCUT2D eigenvalue weighted by atomic mass is 31.2. The molecule has 5 rings (SSSR count). The molecule has 0 saturated carbocycles. The lowest BCUT2D eigenvalue weighted by atomic mass is 10.1. The fourth-order valence-electron chi connectivity index (χ4n) is 4.27. The van der Waals surface area contributed by atoms with Crippen LogP contribution in [0, 0.1) is 0 Å². The van der Waals surface area contributed by atoms with Gasteiger partial charge < -0.3 is 28.0 Å². The van der Waals surface area contributed by atoms with Gasteiger partial charge in [-0.1, -0.05) is 72.8 Å². The van der Waals surface area contributed by atoms with Gasteiger partial charge in [-0.3, -0.25) is 4.52 Å². The van der Waals surface area contributed by atoms with E-state index in [4.69, 9.17) is 32.5 Å². The summed E-state index contributed by atoms with van der Waals surface area (Å²) in [4.78, 5) is 26.1. The number of carbonyl (C=O) groups is 2. The molecule has 0 aromatic heterocycles. The van der Waals surface area contributed by atoms with Gasteiger partial charge in [0, 0.05) is 7.11 Å². The maximum Gasteiger partial charge on any atom is 0.587 e. The average molecular weight is 605 g/mol. The van der Waals surface area contributed by atoms with Crippen LogP contribution >= 0.6 is 7.82 Å². The molecule has 1 aliphatic rings. The van der Waals surface area contributed by atoms with E-state index in [9.17, 15) is 14.2 Å². The molecule has 4 aromatic carbocycles. The number of phosphoric ester groups is 1. The molecule has 11 heteroatoms. The van der Waals surface area contributed by atoms with Crippen molar-refractivity contribution in [3.63, 3.8) is 0 Å². The van der Waals surface area contributed by atoms with Crippen LogP contribution < -0.4 is 9.05 Å². The van der Waals surface area contributed by atoms with Crippen molar-refractivity contribution in [2.24, 2.45) is 0 Å². The first-order valence-electron chi connectivity index (χ1n) is 13.4. The van der Waals surface area contributed by atoms with Crippen LogP contribution in [0.4, 0.5) is 0 Å². The Morgan fingerprint density at radius 2 is 1.07 bits per heavy atom. The summed E-state index contributed by atoms with van der Waals surface area (Å²) >= 11 is 0. The summed E-state index contributed by atoms with van der Waals surface area (Å²) in [5.74, 6) is -0.888. The van der Waals surface area contributed by atoms with Crippen LogP contribution in [0.25, 0.3) is 0 Å². The summed E-state index contributed by atoms with van der Waals surface area (Å²) in [6.07, 6.45) is -4.65. The van der Waals surface area contributed by atoms with Crippen LogP contribution in [0.5, 0.6) is 11.5 Å². The SMILES string of the molecule is COC1O[C@H](COP(=O)(Oc2ccccc2)Oc2ccccc2)[C@@H](OC(=O)c2ccccc2)[C@H]1OC(=O)c1ccccc1. The molecule has 4 atom stereocenters. The minimum atomic E-state index is -4.33. The molecule has 0 N–H and O–H groups in total. The van der Waals surface area contributed by atoms with Gasteiger partial charge in [-0.15, -0.1) is 0 Å².